The van der Waals surface area contributed by atoms with Crippen molar-refractivity contribution in [3.05, 3.63) is 12.2 Å². The van der Waals surface area contributed by atoms with E-state index in [9.17, 15) is 0 Å². The summed E-state index contributed by atoms with van der Waals surface area (Å²) in [5.74, 6) is 0. The van der Waals surface area contributed by atoms with Gasteiger partial charge in [0.05, 0.1) is 12.7 Å². The molecule has 2 atom stereocenters. The summed E-state index contributed by atoms with van der Waals surface area (Å²) in [7, 11) is 0. The zero-order chi connectivity index (χ0) is 17.3. The van der Waals surface area contributed by atoms with E-state index in [0.29, 0.717) is 12.2 Å². The van der Waals surface area contributed by atoms with E-state index in [2.05, 4.69) is 26.0 Å². The summed E-state index contributed by atoms with van der Waals surface area (Å²) >= 11 is 0. The minimum Gasteiger partial charge on any atom is -0.376 e. The van der Waals surface area contributed by atoms with Gasteiger partial charge in [0.25, 0.3) is 0 Å². The lowest BCUT2D eigenvalue weighted by molar-refractivity contribution is 0.0434. The van der Waals surface area contributed by atoms with Crippen molar-refractivity contribution in [3.63, 3.8) is 0 Å². The maximum Gasteiger partial charge on any atom is 0.107 e. The van der Waals surface area contributed by atoms with Crippen molar-refractivity contribution < 1.29 is 9.47 Å². The summed E-state index contributed by atoms with van der Waals surface area (Å²) in [5.41, 5.74) is 0. The standard InChI is InChI=1S/C22H42O2/c1-3-4-5-6-7-8-9-10-11-12-13-14-15-16-17-18-19-23-21(2)22-20-24-22/h10-11,21-22H,3-9,12-20H2,1-2H3. The molecule has 1 saturated heterocycles. The van der Waals surface area contributed by atoms with E-state index in [4.69, 9.17) is 9.47 Å². The predicted molar refractivity (Wildman–Crippen MR) is 105 cm³/mol. The van der Waals surface area contributed by atoms with E-state index in [-0.39, 0.29) is 0 Å². The van der Waals surface area contributed by atoms with Gasteiger partial charge in [-0.25, -0.2) is 0 Å². The Kier molecular flexibility index (Phi) is 14.6. The molecule has 2 heteroatoms. The molecule has 1 aliphatic heterocycles. The Morgan fingerprint density at radius 2 is 1.33 bits per heavy atom. The lowest BCUT2D eigenvalue weighted by Crippen LogP contribution is -2.15. The van der Waals surface area contributed by atoms with E-state index in [1.54, 1.807) is 0 Å². The molecule has 0 saturated carbocycles. The van der Waals surface area contributed by atoms with Gasteiger partial charge in [-0.3, -0.25) is 0 Å². The van der Waals surface area contributed by atoms with Gasteiger partial charge >= 0.3 is 0 Å². The molecule has 2 unspecified atom stereocenters. The molecule has 1 fully saturated rings. The summed E-state index contributed by atoms with van der Waals surface area (Å²) in [6, 6.07) is 0. The fraction of sp³-hybridized carbons (Fsp3) is 0.909. The first-order valence-electron chi connectivity index (χ1n) is 10.7. The SMILES string of the molecule is CCCCCCCCC=CCCCCCCCCOC(C)C1CO1. The predicted octanol–water partition coefficient (Wildman–Crippen LogP) is 6.83. The molecule has 1 rings (SSSR count). The smallest absolute Gasteiger partial charge is 0.107 e. The molecule has 0 N–H and O–H groups in total. The Bertz CT molecular complexity index is 284. The topological polar surface area (TPSA) is 21.8 Å². The van der Waals surface area contributed by atoms with Gasteiger partial charge in [0.15, 0.2) is 0 Å². The average Bonchev–Trinajstić information content (AvgIpc) is 3.42. The van der Waals surface area contributed by atoms with Crippen molar-refractivity contribution in [1.29, 1.82) is 0 Å². The quantitative estimate of drug-likeness (QED) is 0.155. The molecule has 0 aliphatic carbocycles. The molecule has 1 aliphatic rings. The molecule has 24 heavy (non-hydrogen) atoms. The minimum atomic E-state index is 0.299. The molecule has 0 aromatic heterocycles. The number of rotatable bonds is 18. The van der Waals surface area contributed by atoms with Gasteiger partial charge in [-0.15, -0.1) is 0 Å². The van der Waals surface area contributed by atoms with Gasteiger partial charge in [-0.1, -0.05) is 76.9 Å². The lowest BCUT2D eigenvalue weighted by atomic mass is 10.1. The molecule has 0 aromatic rings. The Balaban J connectivity index is 1.68. The van der Waals surface area contributed by atoms with E-state index < -0.39 is 0 Å². The summed E-state index contributed by atoms with van der Waals surface area (Å²) in [4.78, 5) is 0. The molecule has 142 valence electrons. The molecule has 0 aromatic carbocycles. The minimum absolute atomic E-state index is 0.299. The third-order valence-corrected chi connectivity index (χ3v) is 4.92. The number of unbranched alkanes of at least 4 members (excludes halogenated alkanes) is 12. The maximum atomic E-state index is 5.75. The highest BCUT2D eigenvalue weighted by Gasteiger charge is 2.29. The van der Waals surface area contributed by atoms with Crippen LogP contribution >= 0.6 is 0 Å². The second-order valence-electron chi connectivity index (χ2n) is 7.39. The lowest BCUT2D eigenvalue weighted by Gasteiger charge is -2.09. The van der Waals surface area contributed by atoms with Crippen LogP contribution in [0.5, 0.6) is 0 Å². The molecule has 0 amide bonds. The first-order chi connectivity index (χ1) is 11.8. The van der Waals surface area contributed by atoms with E-state index in [0.717, 1.165) is 13.2 Å². The molecule has 1 heterocycles. The van der Waals surface area contributed by atoms with Crippen LogP contribution in [0.15, 0.2) is 12.2 Å². The average molecular weight is 339 g/mol. The third-order valence-electron chi connectivity index (χ3n) is 4.92. The van der Waals surface area contributed by atoms with Crippen LogP contribution in [-0.4, -0.2) is 25.4 Å². The summed E-state index contributed by atoms with van der Waals surface area (Å²) < 4.78 is 11.0. The van der Waals surface area contributed by atoms with Gasteiger partial charge in [0.2, 0.25) is 0 Å². The van der Waals surface area contributed by atoms with Crippen LogP contribution in [0.25, 0.3) is 0 Å². The molecular weight excluding hydrogens is 296 g/mol. The highest BCUT2D eigenvalue weighted by atomic mass is 16.6. The highest BCUT2D eigenvalue weighted by molar-refractivity contribution is 4.81. The van der Waals surface area contributed by atoms with Crippen LogP contribution in [0.3, 0.4) is 0 Å². The number of ether oxygens (including phenoxy) is 2. The van der Waals surface area contributed by atoms with Gasteiger partial charge < -0.3 is 9.47 Å². The Hall–Kier alpha value is -0.340. The zero-order valence-electron chi connectivity index (χ0n) is 16.4. The van der Waals surface area contributed by atoms with E-state index in [1.165, 1.54) is 89.9 Å². The van der Waals surface area contributed by atoms with Crippen molar-refractivity contribution in [3.8, 4) is 0 Å². The van der Waals surface area contributed by atoms with Crippen LogP contribution in [0.1, 0.15) is 104 Å². The Morgan fingerprint density at radius 1 is 0.833 bits per heavy atom. The van der Waals surface area contributed by atoms with Crippen LogP contribution < -0.4 is 0 Å². The first-order valence-corrected chi connectivity index (χ1v) is 10.7. The van der Waals surface area contributed by atoms with E-state index >= 15 is 0 Å². The van der Waals surface area contributed by atoms with Crippen LogP contribution in [-0.2, 0) is 9.47 Å². The van der Waals surface area contributed by atoms with Gasteiger partial charge in [0.1, 0.15) is 6.10 Å². The summed E-state index contributed by atoms with van der Waals surface area (Å²) in [5, 5.41) is 0. The second kappa shape index (κ2) is 16.1. The van der Waals surface area contributed by atoms with Crippen molar-refractivity contribution in [2.24, 2.45) is 0 Å². The van der Waals surface area contributed by atoms with Crippen molar-refractivity contribution in [2.75, 3.05) is 13.2 Å². The molecule has 0 bridgehead atoms. The largest absolute Gasteiger partial charge is 0.376 e. The zero-order valence-corrected chi connectivity index (χ0v) is 16.4. The Morgan fingerprint density at radius 3 is 1.88 bits per heavy atom. The monoisotopic (exact) mass is 338 g/mol. The normalized spacial score (nSPS) is 18.3. The van der Waals surface area contributed by atoms with Gasteiger partial charge in [-0.05, 0) is 39.0 Å². The Labute approximate surface area is 151 Å². The van der Waals surface area contributed by atoms with Crippen molar-refractivity contribution in [1.82, 2.24) is 0 Å². The second-order valence-corrected chi connectivity index (χ2v) is 7.39. The van der Waals surface area contributed by atoms with Crippen LogP contribution in [0, 0.1) is 0 Å². The van der Waals surface area contributed by atoms with Crippen LogP contribution in [0.2, 0.25) is 0 Å². The van der Waals surface area contributed by atoms with Crippen molar-refractivity contribution >= 4 is 0 Å². The number of hydrogen-bond donors (Lipinski definition) is 0. The fourth-order valence-electron chi connectivity index (χ4n) is 3.05. The van der Waals surface area contributed by atoms with Gasteiger partial charge in [0, 0.05) is 6.61 Å². The number of allylic oxidation sites excluding steroid dienone is 2. The number of hydrogen-bond acceptors (Lipinski definition) is 2. The molecular formula is C22H42O2. The fourth-order valence-corrected chi connectivity index (χ4v) is 3.05. The molecule has 0 spiro atoms. The van der Waals surface area contributed by atoms with E-state index in [1.807, 2.05) is 0 Å². The highest BCUT2D eigenvalue weighted by Crippen LogP contribution is 2.17. The van der Waals surface area contributed by atoms with Crippen LogP contribution in [0.4, 0.5) is 0 Å². The summed E-state index contributed by atoms with van der Waals surface area (Å²) in [6.45, 7) is 6.21. The molecule has 0 radical (unpaired) electrons. The number of epoxide rings is 1. The summed E-state index contributed by atoms with van der Waals surface area (Å²) in [6.07, 6.45) is 24.5. The van der Waals surface area contributed by atoms with Gasteiger partial charge in [-0.2, -0.15) is 0 Å². The third kappa shape index (κ3) is 14.0. The first kappa shape index (κ1) is 21.7. The molecule has 2 nitrogen and oxygen atoms in total. The maximum absolute atomic E-state index is 5.75. The van der Waals surface area contributed by atoms with Crippen molar-refractivity contribution in [2.45, 2.75) is 116 Å².